The van der Waals surface area contributed by atoms with Crippen LogP contribution < -0.4 is 29.6 Å². The fraction of sp³-hybridized carbons (Fsp3) is 0.308. The van der Waals surface area contributed by atoms with Crippen LogP contribution in [0.1, 0.15) is 27.9 Å². The molecule has 0 radical (unpaired) electrons. The number of esters is 1. The van der Waals surface area contributed by atoms with Gasteiger partial charge in [-0.15, -0.1) is 0 Å². The molecule has 4 rings (SSSR count). The SMILES string of the molecule is CCOC(=O)c1sc(Nc2nc(NCc3cccc(OC)c3OC)c3cc(OC)c(OC)cc3n2)nc1C. The number of nitrogens with one attached hydrogen (secondary N) is 2. The van der Waals surface area contributed by atoms with Crippen LogP contribution in [-0.2, 0) is 11.3 Å². The second-order valence-electron chi connectivity index (χ2n) is 7.91. The zero-order chi connectivity index (χ0) is 27.2. The summed E-state index contributed by atoms with van der Waals surface area (Å²) in [6.45, 7) is 4.19. The lowest BCUT2D eigenvalue weighted by Crippen LogP contribution is -2.07. The highest BCUT2D eigenvalue weighted by Gasteiger charge is 2.19. The average molecular weight is 540 g/mol. The first kappa shape index (κ1) is 26.7. The normalized spacial score (nSPS) is 10.7. The van der Waals surface area contributed by atoms with E-state index in [0.717, 1.165) is 10.9 Å². The molecule has 0 saturated carbocycles. The monoisotopic (exact) mass is 539 g/mol. The van der Waals surface area contributed by atoms with Gasteiger partial charge in [0, 0.05) is 23.6 Å². The summed E-state index contributed by atoms with van der Waals surface area (Å²) in [5.41, 5.74) is 2.05. The Morgan fingerprint density at radius 1 is 0.947 bits per heavy atom. The topological polar surface area (TPSA) is 126 Å². The third-order valence-electron chi connectivity index (χ3n) is 5.61. The Labute approximate surface area is 224 Å². The maximum absolute atomic E-state index is 12.2. The van der Waals surface area contributed by atoms with Gasteiger partial charge in [0.15, 0.2) is 28.1 Å². The number of hydrogen-bond donors (Lipinski definition) is 2. The van der Waals surface area contributed by atoms with Gasteiger partial charge in [-0.2, -0.15) is 4.98 Å². The Hall–Kier alpha value is -4.32. The van der Waals surface area contributed by atoms with Gasteiger partial charge in [-0.25, -0.2) is 14.8 Å². The van der Waals surface area contributed by atoms with Crippen molar-refractivity contribution in [3.05, 3.63) is 46.5 Å². The molecule has 0 spiro atoms. The van der Waals surface area contributed by atoms with E-state index in [1.165, 1.54) is 11.3 Å². The number of anilines is 3. The lowest BCUT2D eigenvalue weighted by atomic mass is 10.1. The van der Waals surface area contributed by atoms with Crippen molar-refractivity contribution in [1.29, 1.82) is 0 Å². The Morgan fingerprint density at radius 3 is 2.37 bits per heavy atom. The Kier molecular flexibility index (Phi) is 8.31. The molecule has 0 fully saturated rings. The van der Waals surface area contributed by atoms with Gasteiger partial charge in [0.05, 0.1) is 46.3 Å². The number of aryl methyl sites for hydroxylation is 1. The fourth-order valence-corrected chi connectivity index (χ4v) is 4.70. The molecule has 4 aromatic rings. The molecule has 2 aromatic carbocycles. The molecule has 12 heteroatoms. The summed E-state index contributed by atoms with van der Waals surface area (Å²) >= 11 is 1.17. The van der Waals surface area contributed by atoms with Crippen LogP contribution in [-0.4, -0.2) is 56.0 Å². The van der Waals surface area contributed by atoms with Crippen molar-refractivity contribution in [2.45, 2.75) is 20.4 Å². The number of ether oxygens (including phenoxy) is 5. The third-order valence-corrected chi connectivity index (χ3v) is 6.66. The maximum Gasteiger partial charge on any atom is 0.350 e. The van der Waals surface area contributed by atoms with E-state index in [4.69, 9.17) is 28.7 Å². The summed E-state index contributed by atoms with van der Waals surface area (Å²) in [5, 5.41) is 7.69. The number of rotatable bonds is 11. The number of aromatic nitrogens is 3. The van der Waals surface area contributed by atoms with E-state index in [2.05, 4.69) is 20.6 Å². The Balaban J connectivity index is 1.74. The van der Waals surface area contributed by atoms with E-state index < -0.39 is 5.97 Å². The molecule has 0 saturated heterocycles. The summed E-state index contributed by atoms with van der Waals surface area (Å²) in [6, 6.07) is 9.26. The van der Waals surface area contributed by atoms with Crippen molar-refractivity contribution in [3.8, 4) is 23.0 Å². The number of benzene rings is 2. The summed E-state index contributed by atoms with van der Waals surface area (Å²) in [5.74, 6) is 2.74. The quantitative estimate of drug-likeness (QED) is 0.251. The summed E-state index contributed by atoms with van der Waals surface area (Å²) in [7, 11) is 6.33. The molecule has 0 aliphatic carbocycles. The Bertz CT molecular complexity index is 1460. The van der Waals surface area contributed by atoms with Crippen LogP contribution >= 0.6 is 11.3 Å². The van der Waals surface area contributed by atoms with Crippen molar-refractivity contribution in [2.75, 3.05) is 45.7 Å². The molecule has 0 bridgehead atoms. The molecule has 0 amide bonds. The standard InChI is InChI=1S/C26H29N5O6S/c1-7-37-24(32)22-14(2)28-26(38-22)31-25-29-17-12-20(35-5)19(34-4)11-16(17)23(30-25)27-13-15-9-8-10-18(33-3)21(15)36-6/h8-12H,7,13H2,1-6H3,(H2,27,28,29,30,31). The number of carbonyl (C=O) groups is 1. The largest absolute Gasteiger partial charge is 0.493 e. The number of thiazole rings is 1. The van der Waals surface area contributed by atoms with Crippen LogP contribution in [0.2, 0.25) is 0 Å². The van der Waals surface area contributed by atoms with Gasteiger partial charge in [0.2, 0.25) is 5.95 Å². The zero-order valence-electron chi connectivity index (χ0n) is 22.0. The highest BCUT2D eigenvalue weighted by atomic mass is 32.1. The number of hydrogen-bond acceptors (Lipinski definition) is 12. The first-order valence-electron chi connectivity index (χ1n) is 11.7. The van der Waals surface area contributed by atoms with Crippen molar-refractivity contribution >= 4 is 45.1 Å². The first-order valence-corrected chi connectivity index (χ1v) is 12.5. The van der Waals surface area contributed by atoms with Gasteiger partial charge >= 0.3 is 5.97 Å². The van der Waals surface area contributed by atoms with Crippen LogP contribution in [0.4, 0.5) is 16.9 Å². The van der Waals surface area contributed by atoms with Gasteiger partial charge in [0.25, 0.3) is 0 Å². The summed E-state index contributed by atoms with van der Waals surface area (Å²) in [4.78, 5) is 26.5. The summed E-state index contributed by atoms with van der Waals surface area (Å²) < 4.78 is 27.1. The molecular weight excluding hydrogens is 510 g/mol. The van der Waals surface area contributed by atoms with Crippen LogP contribution in [0.5, 0.6) is 23.0 Å². The lowest BCUT2D eigenvalue weighted by Gasteiger charge is -2.16. The van der Waals surface area contributed by atoms with Gasteiger partial charge in [-0.3, -0.25) is 5.32 Å². The second-order valence-corrected chi connectivity index (χ2v) is 8.90. The summed E-state index contributed by atoms with van der Waals surface area (Å²) in [6.07, 6.45) is 0. The van der Waals surface area contributed by atoms with Crippen LogP contribution in [0.25, 0.3) is 10.9 Å². The van der Waals surface area contributed by atoms with E-state index in [9.17, 15) is 4.79 Å². The maximum atomic E-state index is 12.2. The predicted molar refractivity (Wildman–Crippen MR) is 146 cm³/mol. The minimum atomic E-state index is -0.415. The number of para-hydroxylation sites is 1. The molecule has 0 atom stereocenters. The molecule has 11 nitrogen and oxygen atoms in total. The molecule has 2 heterocycles. The minimum Gasteiger partial charge on any atom is -0.493 e. The molecule has 0 aliphatic heterocycles. The van der Waals surface area contributed by atoms with Crippen molar-refractivity contribution in [3.63, 3.8) is 0 Å². The molecule has 200 valence electrons. The van der Waals surface area contributed by atoms with E-state index >= 15 is 0 Å². The predicted octanol–water partition coefficient (Wildman–Crippen LogP) is 4.96. The van der Waals surface area contributed by atoms with E-state index in [-0.39, 0.29) is 12.6 Å². The van der Waals surface area contributed by atoms with E-state index in [1.807, 2.05) is 24.3 Å². The van der Waals surface area contributed by atoms with Crippen LogP contribution in [0, 0.1) is 6.92 Å². The number of fused-ring (bicyclic) bond motifs is 1. The third kappa shape index (κ3) is 5.49. The van der Waals surface area contributed by atoms with E-state index in [0.29, 0.717) is 56.6 Å². The average Bonchev–Trinajstić information content (AvgIpc) is 3.30. The molecule has 0 unspecified atom stereocenters. The molecular formula is C26H29N5O6S. The van der Waals surface area contributed by atoms with Gasteiger partial charge in [0.1, 0.15) is 10.7 Å². The van der Waals surface area contributed by atoms with Gasteiger partial charge < -0.3 is 29.0 Å². The van der Waals surface area contributed by atoms with E-state index in [1.54, 1.807) is 48.4 Å². The number of nitrogens with zero attached hydrogens (tertiary/aromatic N) is 3. The number of methoxy groups -OCH3 is 4. The Morgan fingerprint density at radius 2 is 1.68 bits per heavy atom. The van der Waals surface area contributed by atoms with Crippen LogP contribution in [0.15, 0.2) is 30.3 Å². The van der Waals surface area contributed by atoms with Gasteiger partial charge in [-0.05, 0) is 26.0 Å². The highest BCUT2D eigenvalue weighted by molar-refractivity contribution is 7.17. The second kappa shape index (κ2) is 11.8. The molecule has 2 aromatic heterocycles. The zero-order valence-corrected chi connectivity index (χ0v) is 22.8. The fourth-order valence-electron chi connectivity index (χ4n) is 3.85. The molecule has 2 N–H and O–H groups in total. The highest BCUT2D eigenvalue weighted by Crippen LogP contribution is 2.36. The lowest BCUT2D eigenvalue weighted by molar-refractivity contribution is 0.0531. The van der Waals surface area contributed by atoms with Crippen LogP contribution in [0.3, 0.4) is 0 Å². The minimum absolute atomic E-state index is 0.283. The van der Waals surface area contributed by atoms with Crippen molar-refractivity contribution < 1.29 is 28.5 Å². The van der Waals surface area contributed by atoms with Crippen molar-refractivity contribution in [2.24, 2.45) is 0 Å². The molecule has 38 heavy (non-hydrogen) atoms. The van der Waals surface area contributed by atoms with Gasteiger partial charge in [-0.1, -0.05) is 23.5 Å². The first-order chi connectivity index (χ1) is 18.4. The van der Waals surface area contributed by atoms with Crippen molar-refractivity contribution in [1.82, 2.24) is 15.0 Å². The smallest absolute Gasteiger partial charge is 0.350 e. The number of carbonyl (C=O) groups excluding carboxylic acids is 1. The molecule has 0 aliphatic rings.